The third-order valence-corrected chi connectivity index (χ3v) is 2.11. The Morgan fingerprint density at radius 2 is 1.45 bits per heavy atom. The van der Waals surface area contributed by atoms with Gasteiger partial charge in [-0.1, -0.05) is 64.6 Å². The molecule has 0 fully saturated rings. The summed E-state index contributed by atoms with van der Waals surface area (Å²) in [5.74, 6) is 0.474. The summed E-state index contributed by atoms with van der Waals surface area (Å²) in [6, 6.07) is 0. The maximum atomic E-state index is 5.90. The smallest absolute Gasteiger partial charge is 0.0699 e. The molecule has 0 aromatic rings. The topological polar surface area (TPSA) is 0 Å². The van der Waals surface area contributed by atoms with Crippen LogP contribution in [0.25, 0.3) is 0 Å². The van der Waals surface area contributed by atoms with E-state index >= 15 is 0 Å². The maximum absolute atomic E-state index is 5.90. The van der Waals surface area contributed by atoms with Gasteiger partial charge < -0.3 is 0 Å². The number of hydrogen-bond acceptors (Lipinski definition) is 0. The van der Waals surface area contributed by atoms with Crippen LogP contribution in [0.3, 0.4) is 0 Å². The van der Waals surface area contributed by atoms with E-state index in [0.717, 1.165) is 0 Å². The molecule has 0 rings (SSSR count). The number of unbranched alkanes of at least 4 members (excludes halogenated alkanes) is 3. The SMILES string of the molecule is [B][C@H](CCCC)CCCCC. The molecule has 0 aliphatic heterocycles. The molecule has 11 heavy (non-hydrogen) atoms. The van der Waals surface area contributed by atoms with Gasteiger partial charge in [-0.15, -0.1) is 0 Å². The van der Waals surface area contributed by atoms with E-state index in [-0.39, 0.29) is 0 Å². The minimum absolute atomic E-state index is 0.474. The van der Waals surface area contributed by atoms with Crippen molar-refractivity contribution in [1.82, 2.24) is 0 Å². The normalized spacial score (nSPS) is 13.3. The predicted octanol–water partition coefficient (Wildman–Crippen LogP) is 3.71. The van der Waals surface area contributed by atoms with E-state index in [2.05, 4.69) is 13.8 Å². The lowest BCUT2D eigenvalue weighted by atomic mass is 9.79. The van der Waals surface area contributed by atoms with Crippen molar-refractivity contribution in [2.24, 2.45) is 0 Å². The predicted molar refractivity (Wildman–Crippen MR) is 53.2 cm³/mol. The van der Waals surface area contributed by atoms with Crippen molar-refractivity contribution >= 4 is 7.85 Å². The Labute approximate surface area is 73.2 Å². The lowest BCUT2D eigenvalue weighted by Gasteiger charge is -2.09. The van der Waals surface area contributed by atoms with Crippen LogP contribution in [-0.4, -0.2) is 7.85 Å². The first-order chi connectivity index (χ1) is 5.31. The lowest BCUT2D eigenvalue weighted by molar-refractivity contribution is 0.584. The number of hydrogen-bond donors (Lipinski definition) is 0. The van der Waals surface area contributed by atoms with Gasteiger partial charge >= 0.3 is 0 Å². The van der Waals surface area contributed by atoms with Crippen molar-refractivity contribution in [3.8, 4) is 0 Å². The van der Waals surface area contributed by atoms with Crippen LogP contribution in [0, 0.1) is 0 Å². The Balaban J connectivity index is 3.02. The fourth-order valence-corrected chi connectivity index (χ4v) is 1.27. The zero-order valence-electron chi connectivity index (χ0n) is 8.10. The minimum Gasteiger partial charge on any atom is -0.0774 e. The van der Waals surface area contributed by atoms with Crippen molar-refractivity contribution in [3.63, 3.8) is 0 Å². The second-order valence-corrected chi connectivity index (χ2v) is 3.40. The first kappa shape index (κ1) is 11.1. The molecule has 64 valence electrons. The lowest BCUT2D eigenvalue weighted by Crippen LogP contribution is -1.92. The second-order valence-electron chi connectivity index (χ2n) is 3.40. The van der Waals surface area contributed by atoms with Crippen molar-refractivity contribution in [1.29, 1.82) is 0 Å². The van der Waals surface area contributed by atoms with Crippen LogP contribution in [0.15, 0.2) is 0 Å². The van der Waals surface area contributed by atoms with Gasteiger partial charge in [0, 0.05) is 0 Å². The molecule has 0 heterocycles. The molecular formula is C10H21B. The van der Waals surface area contributed by atoms with Crippen LogP contribution in [0.2, 0.25) is 5.82 Å². The Morgan fingerprint density at radius 1 is 0.909 bits per heavy atom. The zero-order valence-corrected chi connectivity index (χ0v) is 8.10. The van der Waals surface area contributed by atoms with Crippen molar-refractivity contribution < 1.29 is 0 Å². The van der Waals surface area contributed by atoms with Crippen molar-refractivity contribution in [2.75, 3.05) is 0 Å². The Hall–Kier alpha value is 0.0649. The third kappa shape index (κ3) is 7.97. The zero-order chi connectivity index (χ0) is 8.53. The first-order valence-corrected chi connectivity index (χ1v) is 5.06. The molecule has 0 spiro atoms. The van der Waals surface area contributed by atoms with Gasteiger partial charge in [0.25, 0.3) is 0 Å². The number of rotatable bonds is 7. The van der Waals surface area contributed by atoms with Crippen molar-refractivity contribution in [2.45, 2.75) is 64.6 Å². The Kier molecular flexibility index (Phi) is 8.21. The van der Waals surface area contributed by atoms with Crippen LogP contribution < -0.4 is 0 Å². The summed E-state index contributed by atoms with van der Waals surface area (Å²) < 4.78 is 0. The molecule has 1 atom stereocenters. The maximum Gasteiger partial charge on any atom is 0.0699 e. The summed E-state index contributed by atoms with van der Waals surface area (Å²) in [5.41, 5.74) is 0. The summed E-state index contributed by atoms with van der Waals surface area (Å²) in [5, 5.41) is 0. The molecule has 0 aromatic heterocycles. The van der Waals surface area contributed by atoms with Crippen LogP contribution in [0.4, 0.5) is 0 Å². The highest BCUT2D eigenvalue weighted by Gasteiger charge is 1.99. The molecule has 0 aliphatic carbocycles. The van der Waals surface area contributed by atoms with Crippen LogP contribution in [0.5, 0.6) is 0 Å². The van der Waals surface area contributed by atoms with Gasteiger partial charge in [0.2, 0.25) is 0 Å². The minimum atomic E-state index is 0.474. The van der Waals surface area contributed by atoms with E-state index in [4.69, 9.17) is 7.85 Å². The summed E-state index contributed by atoms with van der Waals surface area (Å²) in [6.07, 6.45) is 9.00. The molecule has 0 N–H and O–H groups in total. The van der Waals surface area contributed by atoms with E-state index in [0.29, 0.717) is 5.82 Å². The summed E-state index contributed by atoms with van der Waals surface area (Å²) >= 11 is 0. The Bertz CT molecular complexity index is 71.3. The average Bonchev–Trinajstić information content (AvgIpc) is 2.01. The highest BCUT2D eigenvalue weighted by atomic mass is 14.0. The molecule has 2 radical (unpaired) electrons. The molecule has 0 amide bonds. The van der Waals surface area contributed by atoms with Crippen LogP contribution in [0.1, 0.15) is 58.8 Å². The Morgan fingerprint density at radius 3 is 2.00 bits per heavy atom. The molecule has 0 nitrogen and oxygen atoms in total. The van der Waals surface area contributed by atoms with Gasteiger partial charge in [0.05, 0.1) is 7.85 Å². The highest BCUT2D eigenvalue weighted by Crippen LogP contribution is 2.18. The molecule has 0 saturated carbocycles. The van der Waals surface area contributed by atoms with Gasteiger partial charge in [0.15, 0.2) is 0 Å². The molecule has 0 unspecified atom stereocenters. The largest absolute Gasteiger partial charge is 0.0774 e. The fourth-order valence-electron chi connectivity index (χ4n) is 1.27. The van der Waals surface area contributed by atoms with E-state index in [1.165, 1.54) is 44.9 Å². The second kappa shape index (κ2) is 8.16. The fraction of sp³-hybridized carbons (Fsp3) is 1.00. The van der Waals surface area contributed by atoms with Gasteiger partial charge in [-0.3, -0.25) is 0 Å². The molecule has 0 saturated heterocycles. The standard InChI is InChI=1S/C10H21B/c1-3-5-7-9-10(11)8-6-4-2/h10H,3-9H2,1-2H3/t10-/m1/s1. The van der Waals surface area contributed by atoms with Gasteiger partial charge in [0.1, 0.15) is 0 Å². The van der Waals surface area contributed by atoms with Crippen molar-refractivity contribution in [3.05, 3.63) is 0 Å². The van der Waals surface area contributed by atoms with Gasteiger partial charge in [-0.25, -0.2) is 0 Å². The molecule has 1 heteroatoms. The first-order valence-electron chi connectivity index (χ1n) is 5.06. The van der Waals surface area contributed by atoms with E-state index in [9.17, 15) is 0 Å². The molecule has 0 aromatic carbocycles. The third-order valence-electron chi connectivity index (χ3n) is 2.11. The molecule has 0 bridgehead atoms. The van der Waals surface area contributed by atoms with Gasteiger partial charge in [-0.05, 0) is 0 Å². The quantitative estimate of drug-likeness (QED) is 0.385. The average molecular weight is 152 g/mol. The summed E-state index contributed by atoms with van der Waals surface area (Å²) in [7, 11) is 5.90. The van der Waals surface area contributed by atoms with E-state index < -0.39 is 0 Å². The van der Waals surface area contributed by atoms with Crippen LogP contribution >= 0.6 is 0 Å². The highest BCUT2D eigenvalue weighted by molar-refractivity contribution is 6.11. The van der Waals surface area contributed by atoms with Crippen LogP contribution in [-0.2, 0) is 0 Å². The molecule has 0 aliphatic rings. The summed E-state index contributed by atoms with van der Waals surface area (Å²) in [4.78, 5) is 0. The van der Waals surface area contributed by atoms with Gasteiger partial charge in [-0.2, -0.15) is 0 Å². The van der Waals surface area contributed by atoms with E-state index in [1.54, 1.807) is 0 Å². The van der Waals surface area contributed by atoms with E-state index in [1.807, 2.05) is 0 Å². The summed E-state index contributed by atoms with van der Waals surface area (Å²) in [6.45, 7) is 4.45. The monoisotopic (exact) mass is 152 g/mol. The molecular weight excluding hydrogens is 131 g/mol.